The highest BCUT2D eigenvalue weighted by Gasteiger charge is 2.26. The molecule has 2 amide bonds. The fourth-order valence-electron chi connectivity index (χ4n) is 3.34. The lowest BCUT2D eigenvalue weighted by Gasteiger charge is -2.12. The number of amides is 2. The van der Waals surface area contributed by atoms with Gasteiger partial charge in [0.05, 0.1) is 12.3 Å². The van der Waals surface area contributed by atoms with Crippen LogP contribution in [0.2, 0.25) is 0 Å². The summed E-state index contributed by atoms with van der Waals surface area (Å²) < 4.78 is 0. The number of fused-ring (bicyclic) bond motifs is 1. The van der Waals surface area contributed by atoms with Crippen LogP contribution in [0.25, 0.3) is 0 Å². The molecule has 1 atom stereocenters. The summed E-state index contributed by atoms with van der Waals surface area (Å²) in [6, 6.07) is 9.24. The number of rotatable bonds is 7. The van der Waals surface area contributed by atoms with Crippen LogP contribution in [0, 0.1) is 5.92 Å². The van der Waals surface area contributed by atoms with Crippen LogP contribution in [-0.2, 0) is 29.0 Å². The van der Waals surface area contributed by atoms with Crippen molar-refractivity contribution in [1.82, 2.24) is 15.6 Å². The molecule has 0 spiro atoms. The van der Waals surface area contributed by atoms with Crippen LogP contribution in [-0.4, -0.2) is 34.4 Å². The predicted molar refractivity (Wildman–Crippen MR) is 103 cm³/mol. The molecule has 0 aliphatic carbocycles. The first-order chi connectivity index (χ1) is 13.5. The molecule has 1 unspecified atom stereocenters. The van der Waals surface area contributed by atoms with Crippen LogP contribution >= 0.6 is 0 Å². The summed E-state index contributed by atoms with van der Waals surface area (Å²) in [5, 5.41) is 14.7. The van der Waals surface area contributed by atoms with Crippen molar-refractivity contribution in [2.24, 2.45) is 5.92 Å². The van der Waals surface area contributed by atoms with Gasteiger partial charge in [-0.15, -0.1) is 0 Å². The van der Waals surface area contributed by atoms with Crippen molar-refractivity contribution in [2.75, 3.05) is 6.54 Å². The number of carboxylic acids is 1. The Balaban J connectivity index is 1.60. The Kier molecular flexibility index (Phi) is 6.37. The number of hydrogen-bond acceptors (Lipinski definition) is 4. The lowest BCUT2D eigenvalue weighted by Crippen LogP contribution is -2.30. The molecule has 0 bridgehead atoms. The van der Waals surface area contributed by atoms with E-state index in [2.05, 4.69) is 15.6 Å². The number of pyridine rings is 1. The lowest BCUT2D eigenvalue weighted by atomic mass is 9.93. The number of nitrogens with zero attached hydrogens (tertiary/aromatic N) is 1. The van der Waals surface area contributed by atoms with Crippen LogP contribution in [0.3, 0.4) is 0 Å². The smallest absolute Gasteiger partial charge is 0.304 e. The van der Waals surface area contributed by atoms with Crippen LogP contribution in [0.15, 0.2) is 42.7 Å². The molecule has 2 aromatic rings. The summed E-state index contributed by atoms with van der Waals surface area (Å²) in [4.78, 5) is 39.5. The Morgan fingerprint density at radius 1 is 1.18 bits per heavy atom. The molecule has 3 N–H and O–H groups in total. The highest BCUT2D eigenvalue weighted by molar-refractivity contribution is 5.94. The van der Waals surface area contributed by atoms with Crippen molar-refractivity contribution >= 4 is 17.8 Å². The Morgan fingerprint density at radius 2 is 1.96 bits per heavy atom. The Morgan fingerprint density at radius 3 is 2.71 bits per heavy atom. The van der Waals surface area contributed by atoms with Gasteiger partial charge >= 0.3 is 5.97 Å². The zero-order chi connectivity index (χ0) is 19.9. The fraction of sp³-hybridized carbons (Fsp3) is 0.333. The second kappa shape index (κ2) is 9.12. The largest absolute Gasteiger partial charge is 0.481 e. The maximum absolute atomic E-state index is 12.5. The number of benzene rings is 1. The van der Waals surface area contributed by atoms with E-state index in [1.807, 2.05) is 18.2 Å². The molecule has 2 heterocycles. The molecule has 0 saturated carbocycles. The summed E-state index contributed by atoms with van der Waals surface area (Å²) in [5.41, 5.74) is 3.45. The van der Waals surface area contributed by atoms with Gasteiger partial charge in [0, 0.05) is 31.0 Å². The number of aryl methyl sites for hydroxylation is 1. The van der Waals surface area contributed by atoms with E-state index in [-0.39, 0.29) is 18.2 Å². The van der Waals surface area contributed by atoms with E-state index in [9.17, 15) is 14.4 Å². The van der Waals surface area contributed by atoms with Gasteiger partial charge in [-0.1, -0.05) is 6.07 Å². The molecule has 0 saturated heterocycles. The number of carboxylic acid groups (broad SMARTS) is 1. The molecule has 3 rings (SSSR count). The SMILES string of the molecule is O=C(O)CC1Cc2cc(C(=O)NCCCc3ccncc3)ccc2CNC1=O. The van der Waals surface area contributed by atoms with E-state index in [0.29, 0.717) is 25.1 Å². The minimum absolute atomic E-state index is 0.171. The van der Waals surface area contributed by atoms with Crippen molar-refractivity contribution < 1.29 is 19.5 Å². The van der Waals surface area contributed by atoms with Gasteiger partial charge in [-0.05, 0) is 60.2 Å². The maximum Gasteiger partial charge on any atom is 0.304 e. The monoisotopic (exact) mass is 381 g/mol. The molecule has 1 aromatic carbocycles. The van der Waals surface area contributed by atoms with Crippen LogP contribution < -0.4 is 10.6 Å². The van der Waals surface area contributed by atoms with E-state index >= 15 is 0 Å². The van der Waals surface area contributed by atoms with Crippen LogP contribution in [0.1, 0.15) is 39.9 Å². The van der Waals surface area contributed by atoms with E-state index in [4.69, 9.17) is 5.11 Å². The van der Waals surface area contributed by atoms with E-state index in [0.717, 1.165) is 24.0 Å². The summed E-state index contributed by atoms with van der Waals surface area (Å²) in [7, 11) is 0. The molecule has 1 aliphatic heterocycles. The number of nitrogens with one attached hydrogen (secondary N) is 2. The van der Waals surface area contributed by atoms with Crippen molar-refractivity contribution in [3.63, 3.8) is 0 Å². The van der Waals surface area contributed by atoms with Gasteiger partial charge in [-0.25, -0.2) is 0 Å². The van der Waals surface area contributed by atoms with Crippen molar-refractivity contribution in [3.05, 3.63) is 65.0 Å². The normalized spacial score (nSPS) is 15.9. The summed E-state index contributed by atoms with van der Waals surface area (Å²) in [6.07, 6.45) is 5.27. The zero-order valence-electron chi connectivity index (χ0n) is 15.5. The highest BCUT2D eigenvalue weighted by atomic mass is 16.4. The third-order valence-electron chi connectivity index (χ3n) is 4.86. The molecule has 146 valence electrons. The van der Waals surface area contributed by atoms with Gasteiger partial charge in [0.2, 0.25) is 5.91 Å². The van der Waals surface area contributed by atoms with Gasteiger partial charge in [0.25, 0.3) is 5.91 Å². The summed E-state index contributed by atoms with van der Waals surface area (Å²) >= 11 is 0. The minimum Gasteiger partial charge on any atom is -0.481 e. The first-order valence-corrected chi connectivity index (χ1v) is 9.31. The average molecular weight is 381 g/mol. The van der Waals surface area contributed by atoms with Crippen molar-refractivity contribution in [3.8, 4) is 0 Å². The fourth-order valence-corrected chi connectivity index (χ4v) is 3.34. The van der Waals surface area contributed by atoms with Crippen molar-refractivity contribution in [1.29, 1.82) is 0 Å². The first kappa shape index (κ1) is 19.5. The Bertz CT molecular complexity index is 867. The number of aromatic nitrogens is 1. The van der Waals surface area contributed by atoms with Gasteiger partial charge in [-0.2, -0.15) is 0 Å². The molecule has 0 fully saturated rings. The first-order valence-electron chi connectivity index (χ1n) is 9.31. The number of hydrogen-bond donors (Lipinski definition) is 3. The molecule has 0 radical (unpaired) electrons. The number of carbonyl (C=O) groups is 3. The van der Waals surface area contributed by atoms with Gasteiger partial charge in [0.1, 0.15) is 0 Å². The topological polar surface area (TPSA) is 108 Å². The zero-order valence-corrected chi connectivity index (χ0v) is 15.5. The third-order valence-corrected chi connectivity index (χ3v) is 4.86. The van der Waals surface area contributed by atoms with E-state index in [1.54, 1.807) is 24.5 Å². The second-order valence-corrected chi connectivity index (χ2v) is 6.92. The molecular formula is C21H23N3O4. The number of aliphatic carboxylic acids is 1. The molecule has 1 aromatic heterocycles. The molecular weight excluding hydrogens is 358 g/mol. The lowest BCUT2D eigenvalue weighted by molar-refractivity contribution is -0.141. The predicted octanol–water partition coefficient (Wildman–Crippen LogP) is 1.71. The van der Waals surface area contributed by atoms with E-state index in [1.165, 1.54) is 5.56 Å². The maximum atomic E-state index is 12.5. The van der Waals surface area contributed by atoms with E-state index < -0.39 is 11.9 Å². The molecule has 1 aliphatic rings. The third kappa shape index (κ3) is 5.16. The van der Waals surface area contributed by atoms with Crippen molar-refractivity contribution in [2.45, 2.75) is 32.2 Å². The Hall–Kier alpha value is -3.22. The van der Waals surface area contributed by atoms with Crippen LogP contribution in [0.5, 0.6) is 0 Å². The molecule has 7 heteroatoms. The van der Waals surface area contributed by atoms with Gasteiger partial charge in [-0.3, -0.25) is 19.4 Å². The molecule has 28 heavy (non-hydrogen) atoms. The average Bonchev–Trinajstić information content (AvgIpc) is 2.84. The van der Waals surface area contributed by atoms with Crippen LogP contribution in [0.4, 0.5) is 0 Å². The standard InChI is InChI=1S/C21H23N3O4/c25-19(26)12-18-11-17-10-15(3-4-16(17)13-24-21(18)28)20(27)23-7-1-2-14-5-8-22-9-6-14/h3-6,8-10,18H,1-2,7,11-13H2,(H,23,27)(H,24,28)(H,25,26). The van der Waals surface area contributed by atoms with Gasteiger partial charge in [0.15, 0.2) is 0 Å². The highest BCUT2D eigenvalue weighted by Crippen LogP contribution is 2.22. The number of carbonyl (C=O) groups excluding carboxylic acids is 2. The van der Waals surface area contributed by atoms with Gasteiger partial charge < -0.3 is 15.7 Å². The second-order valence-electron chi connectivity index (χ2n) is 6.92. The Labute approximate surface area is 163 Å². The summed E-state index contributed by atoms with van der Waals surface area (Å²) in [6.45, 7) is 0.901. The minimum atomic E-state index is -1.01. The quantitative estimate of drug-likeness (QED) is 0.633. The summed E-state index contributed by atoms with van der Waals surface area (Å²) in [5.74, 6) is -2.07. The molecule has 7 nitrogen and oxygen atoms in total.